The first-order valence-electron chi connectivity index (χ1n) is 9.00. The fraction of sp³-hybridized carbons (Fsp3) is 0.167. The number of hydrogen-bond acceptors (Lipinski definition) is 2. The first-order chi connectivity index (χ1) is 12.7. The summed E-state index contributed by atoms with van der Waals surface area (Å²) in [6.07, 6.45) is 5.64. The van der Waals surface area contributed by atoms with Crippen LogP contribution in [-0.4, -0.2) is 17.5 Å². The van der Waals surface area contributed by atoms with E-state index < -0.39 is 0 Å². The molecular formula is C24H22N2. The number of fused-ring (bicyclic) bond motifs is 4. The van der Waals surface area contributed by atoms with Crippen LogP contribution >= 0.6 is 0 Å². The molecule has 0 bridgehead atoms. The Morgan fingerprint density at radius 2 is 1.58 bits per heavy atom. The Bertz CT molecular complexity index is 962. The van der Waals surface area contributed by atoms with E-state index in [9.17, 15) is 0 Å². The number of aryl methyl sites for hydroxylation is 1. The van der Waals surface area contributed by atoms with Crippen LogP contribution in [0.5, 0.6) is 0 Å². The molecule has 0 N–H and O–H groups in total. The van der Waals surface area contributed by atoms with E-state index >= 15 is 0 Å². The molecular weight excluding hydrogens is 316 g/mol. The number of hydrogen-bond donors (Lipinski definition) is 0. The van der Waals surface area contributed by atoms with Gasteiger partial charge in [-0.3, -0.25) is 9.98 Å². The Hall–Kier alpha value is -3.00. The van der Waals surface area contributed by atoms with Crippen molar-refractivity contribution in [3.63, 3.8) is 0 Å². The van der Waals surface area contributed by atoms with Crippen LogP contribution in [0.4, 0.5) is 0 Å². The van der Waals surface area contributed by atoms with Gasteiger partial charge in [0.1, 0.15) is 0 Å². The number of allylic oxidation sites excluding steroid dienone is 2. The quantitative estimate of drug-likeness (QED) is 0.713. The van der Waals surface area contributed by atoms with Crippen LogP contribution in [0.25, 0.3) is 0 Å². The summed E-state index contributed by atoms with van der Waals surface area (Å²) in [7, 11) is 0. The van der Waals surface area contributed by atoms with E-state index in [1.807, 2.05) is 12.2 Å². The molecule has 2 aliphatic rings. The van der Waals surface area contributed by atoms with Gasteiger partial charge in [-0.2, -0.15) is 0 Å². The molecule has 0 fully saturated rings. The summed E-state index contributed by atoms with van der Waals surface area (Å²) in [6.45, 7) is 12.2. The topological polar surface area (TPSA) is 24.7 Å². The third kappa shape index (κ3) is 2.68. The fourth-order valence-electron chi connectivity index (χ4n) is 4.05. The van der Waals surface area contributed by atoms with Crippen molar-refractivity contribution in [2.45, 2.75) is 24.8 Å². The first-order valence-corrected chi connectivity index (χ1v) is 9.00. The Morgan fingerprint density at radius 1 is 0.885 bits per heavy atom. The van der Waals surface area contributed by atoms with E-state index in [1.54, 1.807) is 0 Å². The molecule has 128 valence electrons. The van der Waals surface area contributed by atoms with Gasteiger partial charge in [-0.15, -0.1) is 0 Å². The smallest absolute Gasteiger partial charge is 0.0989 e. The third-order valence-electron chi connectivity index (χ3n) is 5.31. The van der Waals surface area contributed by atoms with Gasteiger partial charge in [0.15, 0.2) is 0 Å². The third-order valence-corrected chi connectivity index (χ3v) is 5.31. The highest BCUT2D eigenvalue weighted by atomic mass is 14.9. The average molecular weight is 338 g/mol. The van der Waals surface area contributed by atoms with Crippen LogP contribution in [-0.2, 0) is 6.42 Å². The van der Waals surface area contributed by atoms with Crippen molar-refractivity contribution in [1.82, 2.24) is 0 Å². The highest BCUT2D eigenvalue weighted by molar-refractivity contribution is 6.11. The highest BCUT2D eigenvalue weighted by Crippen LogP contribution is 2.38. The molecule has 0 aliphatic carbocycles. The molecule has 2 nitrogen and oxygen atoms in total. The second-order valence-electron chi connectivity index (χ2n) is 6.75. The highest BCUT2D eigenvalue weighted by Gasteiger charge is 2.32. The summed E-state index contributed by atoms with van der Waals surface area (Å²) in [4.78, 5) is 9.82. The molecule has 0 saturated heterocycles. The Labute approximate surface area is 155 Å². The lowest BCUT2D eigenvalue weighted by Gasteiger charge is -2.31. The second kappa shape index (κ2) is 6.72. The van der Waals surface area contributed by atoms with Crippen LogP contribution < -0.4 is 0 Å². The van der Waals surface area contributed by atoms with Crippen molar-refractivity contribution in [3.8, 4) is 0 Å². The molecule has 2 aromatic rings. The van der Waals surface area contributed by atoms with Gasteiger partial charge in [0.25, 0.3) is 0 Å². The summed E-state index contributed by atoms with van der Waals surface area (Å²) in [5, 5.41) is 0. The van der Waals surface area contributed by atoms with E-state index in [2.05, 4.69) is 68.3 Å². The van der Waals surface area contributed by atoms with Crippen molar-refractivity contribution in [3.05, 3.63) is 108 Å². The molecule has 0 radical (unpaired) electrons. The zero-order chi connectivity index (χ0) is 18.1. The second-order valence-corrected chi connectivity index (χ2v) is 6.75. The minimum atomic E-state index is -0.0674. The number of nitrogens with zero attached hydrogens (tertiary/aromatic N) is 2. The van der Waals surface area contributed by atoms with Crippen LogP contribution in [0.1, 0.15) is 34.6 Å². The van der Waals surface area contributed by atoms with Gasteiger partial charge in [0.2, 0.25) is 0 Å². The average Bonchev–Trinajstić information content (AvgIpc) is 2.75. The van der Waals surface area contributed by atoms with E-state index in [4.69, 9.17) is 9.98 Å². The molecule has 0 amide bonds. The minimum Gasteiger partial charge on any atom is -0.274 e. The summed E-state index contributed by atoms with van der Waals surface area (Å²) in [5.74, 6) is 0.267. The van der Waals surface area contributed by atoms with Gasteiger partial charge in [0.05, 0.1) is 23.2 Å². The fourth-order valence-corrected chi connectivity index (χ4v) is 4.05. The van der Waals surface area contributed by atoms with Crippen molar-refractivity contribution in [2.24, 2.45) is 9.98 Å². The first kappa shape index (κ1) is 16.5. The zero-order valence-corrected chi connectivity index (χ0v) is 14.9. The Balaban J connectivity index is 1.89. The summed E-state index contributed by atoms with van der Waals surface area (Å²) >= 11 is 0. The Morgan fingerprint density at radius 3 is 2.35 bits per heavy atom. The predicted molar refractivity (Wildman–Crippen MR) is 110 cm³/mol. The van der Waals surface area contributed by atoms with Crippen molar-refractivity contribution in [2.75, 3.05) is 0 Å². The lowest BCUT2D eigenvalue weighted by Crippen LogP contribution is -2.27. The van der Waals surface area contributed by atoms with Gasteiger partial charge < -0.3 is 0 Å². The van der Waals surface area contributed by atoms with Gasteiger partial charge >= 0.3 is 0 Å². The van der Waals surface area contributed by atoms with Crippen LogP contribution in [0.2, 0.25) is 0 Å². The predicted octanol–water partition coefficient (Wildman–Crippen LogP) is 5.26. The molecule has 0 spiro atoms. The molecule has 0 aromatic heterocycles. The van der Waals surface area contributed by atoms with Gasteiger partial charge in [0, 0.05) is 17.0 Å². The lowest BCUT2D eigenvalue weighted by molar-refractivity contribution is 0.541. The monoisotopic (exact) mass is 338 g/mol. The van der Waals surface area contributed by atoms with E-state index in [0.29, 0.717) is 0 Å². The largest absolute Gasteiger partial charge is 0.274 e. The van der Waals surface area contributed by atoms with Crippen molar-refractivity contribution < 1.29 is 0 Å². The lowest BCUT2D eigenvalue weighted by atomic mass is 9.79. The SMILES string of the molecule is C=CC1=NC2C(=C)/N=C(/C=C)c3ccccc3CCC2c2ccccc21. The van der Waals surface area contributed by atoms with Gasteiger partial charge in [-0.05, 0) is 36.1 Å². The maximum Gasteiger partial charge on any atom is 0.0989 e. The van der Waals surface area contributed by atoms with E-state index in [0.717, 1.165) is 35.5 Å². The van der Waals surface area contributed by atoms with Crippen LogP contribution in [0.3, 0.4) is 0 Å². The molecule has 0 saturated carbocycles. The zero-order valence-electron chi connectivity index (χ0n) is 14.9. The molecule has 2 heterocycles. The molecule has 4 rings (SSSR count). The molecule has 2 heteroatoms. The molecule has 2 atom stereocenters. The summed E-state index contributed by atoms with van der Waals surface area (Å²) in [6, 6.07) is 16.9. The molecule has 2 unspecified atom stereocenters. The standard InChI is InChI=1S/C24H22N2/c1-4-22-18-11-7-6-10-17(18)14-15-21-19-12-8-9-13-20(19)23(5-2)26-24(21)16(3)25-22/h4-13,21,24H,1-3,14-15H2/b25-22-. The number of aliphatic imine (C=N–C) groups is 2. The summed E-state index contributed by atoms with van der Waals surface area (Å²) in [5.41, 5.74) is 7.53. The summed E-state index contributed by atoms with van der Waals surface area (Å²) < 4.78 is 0. The van der Waals surface area contributed by atoms with Crippen molar-refractivity contribution >= 4 is 11.4 Å². The van der Waals surface area contributed by atoms with Crippen LogP contribution in [0, 0.1) is 0 Å². The van der Waals surface area contributed by atoms with Crippen molar-refractivity contribution in [1.29, 1.82) is 0 Å². The molecule has 2 aromatic carbocycles. The molecule has 26 heavy (non-hydrogen) atoms. The van der Waals surface area contributed by atoms with Gasteiger partial charge in [-0.25, -0.2) is 0 Å². The Kier molecular flexibility index (Phi) is 4.26. The maximum absolute atomic E-state index is 4.98. The van der Waals surface area contributed by atoms with E-state index in [1.165, 1.54) is 16.7 Å². The maximum atomic E-state index is 4.98. The van der Waals surface area contributed by atoms with Gasteiger partial charge in [-0.1, -0.05) is 68.3 Å². The number of benzene rings is 2. The minimum absolute atomic E-state index is 0.0674. The van der Waals surface area contributed by atoms with E-state index in [-0.39, 0.29) is 12.0 Å². The number of rotatable bonds is 2. The van der Waals surface area contributed by atoms with Crippen LogP contribution in [0.15, 0.2) is 96.1 Å². The normalized spacial score (nSPS) is 23.6. The molecule has 2 aliphatic heterocycles.